The molecule has 1 aliphatic rings. The number of benzene rings is 1. The third-order valence-electron chi connectivity index (χ3n) is 3.99. The molecule has 0 spiro atoms. The van der Waals surface area contributed by atoms with Crippen molar-refractivity contribution in [2.45, 2.75) is 39.3 Å². The van der Waals surface area contributed by atoms with Gasteiger partial charge < -0.3 is 5.73 Å². The molecule has 1 aromatic rings. The first-order valence-electron chi connectivity index (χ1n) is 6.75. The Hall–Kier alpha value is -1.62. The van der Waals surface area contributed by atoms with Gasteiger partial charge in [0.2, 0.25) is 0 Å². The molecule has 0 amide bonds. The number of nitrogen functional groups attached to an aromatic ring is 1. The van der Waals surface area contributed by atoms with Crippen molar-refractivity contribution >= 4 is 11.4 Å². The molecule has 5 nitrogen and oxygen atoms in total. The van der Waals surface area contributed by atoms with E-state index in [-0.39, 0.29) is 5.69 Å². The molecule has 0 bridgehead atoms. The Kier molecular flexibility index (Phi) is 4.04. The monoisotopic (exact) mass is 263 g/mol. The van der Waals surface area contributed by atoms with Crippen molar-refractivity contribution in [2.75, 3.05) is 12.3 Å². The molecule has 2 unspecified atom stereocenters. The summed E-state index contributed by atoms with van der Waals surface area (Å²) in [6.45, 7) is 6.18. The normalized spacial score (nSPS) is 24.3. The summed E-state index contributed by atoms with van der Waals surface area (Å²) in [5.41, 5.74) is 7.08. The molecule has 2 rings (SSSR count). The number of nitro benzene ring substituents is 1. The lowest BCUT2D eigenvalue weighted by atomic mass is 9.94. The zero-order valence-electron chi connectivity index (χ0n) is 11.5. The number of rotatable bonds is 3. The van der Waals surface area contributed by atoms with Gasteiger partial charge >= 0.3 is 0 Å². The lowest BCUT2D eigenvalue weighted by Gasteiger charge is -2.36. The number of nitrogens with two attached hydrogens (primary N) is 1. The summed E-state index contributed by atoms with van der Waals surface area (Å²) >= 11 is 0. The van der Waals surface area contributed by atoms with Crippen LogP contribution in [0.4, 0.5) is 11.4 Å². The van der Waals surface area contributed by atoms with Crippen molar-refractivity contribution < 1.29 is 4.92 Å². The molecule has 1 saturated heterocycles. The maximum absolute atomic E-state index is 10.9. The van der Waals surface area contributed by atoms with Crippen LogP contribution < -0.4 is 5.73 Å². The molecule has 2 N–H and O–H groups in total. The predicted octanol–water partition coefficient (Wildman–Crippen LogP) is 2.80. The highest BCUT2D eigenvalue weighted by Crippen LogP contribution is 2.29. The summed E-state index contributed by atoms with van der Waals surface area (Å²) in [6.07, 6.45) is 2.43. The molecule has 0 radical (unpaired) electrons. The van der Waals surface area contributed by atoms with Crippen molar-refractivity contribution in [3.8, 4) is 0 Å². The quantitative estimate of drug-likeness (QED) is 0.517. The number of hydrogen-bond donors (Lipinski definition) is 1. The standard InChI is InChI=1S/C14H21N3O2/c1-10-6-7-11(2)16(8-10)9-12-4-3-5-13(14(12)15)17(18)19/h3-5,10-11H,6-9,15H2,1-2H3. The van der Waals surface area contributed by atoms with E-state index < -0.39 is 4.92 Å². The SMILES string of the molecule is CC1CCC(C)N(Cc2cccc([N+](=O)[O-])c2N)C1. The van der Waals surface area contributed by atoms with Gasteiger partial charge in [0, 0.05) is 25.2 Å². The number of para-hydroxylation sites is 1. The van der Waals surface area contributed by atoms with Crippen LogP contribution in [0.25, 0.3) is 0 Å². The van der Waals surface area contributed by atoms with Crippen molar-refractivity contribution in [1.29, 1.82) is 0 Å². The Bertz CT molecular complexity index is 476. The van der Waals surface area contributed by atoms with Gasteiger partial charge in [-0.3, -0.25) is 15.0 Å². The highest BCUT2D eigenvalue weighted by Gasteiger charge is 2.24. The van der Waals surface area contributed by atoms with Crippen LogP contribution in [-0.4, -0.2) is 22.4 Å². The van der Waals surface area contributed by atoms with E-state index >= 15 is 0 Å². The Morgan fingerprint density at radius 3 is 2.84 bits per heavy atom. The molecule has 1 aromatic carbocycles. The van der Waals surface area contributed by atoms with E-state index in [1.54, 1.807) is 6.07 Å². The van der Waals surface area contributed by atoms with Crippen LogP contribution in [0.3, 0.4) is 0 Å². The second kappa shape index (κ2) is 5.57. The molecule has 5 heteroatoms. The molecule has 1 aliphatic heterocycles. The summed E-state index contributed by atoms with van der Waals surface area (Å²) < 4.78 is 0. The number of piperidine rings is 1. The van der Waals surface area contributed by atoms with E-state index in [0.717, 1.165) is 12.1 Å². The molecular weight excluding hydrogens is 242 g/mol. The molecule has 1 heterocycles. The van der Waals surface area contributed by atoms with E-state index in [2.05, 4.69) is 18.7 Å². The molecule has 1 fully saturated rings. The van der Waals surface area contributed by atoms with Crippen LogP contribution in [0.15, 0.2) is 18.2 Å². The molecular formula is C14H21N3O2. The lowest BCUT2D eigenvalue weighted by Crippen LogP contribution is -2.40. The Morgan fingerprint density at radius 1 is 1.42 bits per heavy atom. The zero-order valence-corrected chi connectivity index (χ0v) is 11.5. The lowest BCUT2D eigenvalue weighted by molar-refractivity contribution is -0.384. The first-order chi connectivity index (χ1) is 8.99. The fraction of sp³-hybridized carbons (Fsp3) is 0.571. The summed E-state index contributed by atoms with van der Waals surface area (Å²) in [4.78, 5) is 12.8. The van der Waals surface area contributed by atoms with Gasteiger partial charge in [0.25, 0.3) is 5.69 Å². The maximum atomic E-state index is 10.9. The fourth-order valence-electron chi connectivity index (χ4n) is 2.72. The van der Waals surface area contributed by atoms with Crippen molar-refractivity contribution in [1.82, 2.24) is 4.90 Å². The largest absolute Gasteiger partial charge is 0.393 e. The first-order valence-corrected chi connectivity index (χ1v) is 6.75. The van der Waals surface area contributed by atoms with Crippen LogP contribution in [0.2, 0.25) is 0 Å². The Balaban J connectivity index is 2.19. The van der Waals surface area contributed by atoms with Crippen LogP contribution in [0, 0.1) is 16.0 Å². The number of anilines is 1. The highest BCUT2D eigenvalue weighted by atomic mass is 16.6. The van der Waals surface area contributed by atoms with Gasteiger partial charge in [0.05, 0.1) is 4.92 Å². The first kappa shape index (κ1) is 13.8. The molecule has 0 saturated carbocycles. The third kappa shape index (κ3) is 3.04. The molecule has 2 atom stereocenters. The van der Waals surface area contributed by atoms with Gasteiger partial charge in [-0.05, 0) is 31.2 Å². The van der Waals surface area contributed by atoms with E-state index in [1.165, 1.54) is 18.9 Å². The average Bonchev–Trinajstić information content (AvgIpc) is 2.36. The minimum Gasteiger partial charge on any atom is -0.393 e. The third-order valence-corrected chi connectivity index (χ3v) is 3.99. The van der Waals surface area contributed by atoms with E-state index in [1.807, 2.05) is 6.07 Å². The molecule has 0 aromatic heterocycles. The smallest absolute Gasteiger partial charge is 0.292 e. The zero-order chi connectivity index (χ0) is 14.0. The van der Waals surface area contributed by atoms with Gasteiger partial charge in [-0.2, -0.15) is 0 Å². The van der Waals surface area contributed by atoms with Gasteiger partial charge in [0.1, 0.15) is 5.69 Å². The van der Waals surface area contributed by atoms with Crippen LogP contribution in [-0.2, 0) is 6.54 Å². The van der Waals surface area contributed by atoms with Crippen molar-refractivity contribution in [3.63, 3.8) is 0 Å². The fourth-order valence-corrected chi connectivity index (χ4v) is 2.72. The van der Waals surface area contributed by atoms with E-state index in [0.29, 0.717) is 24.2 Å². The Morgan fingerprint density at radius 2 is 2.16 bits per heavy atom. The number of likely N-dealkylation sites (tertiary alicyclic amines) is 1. The second-order valence-corrected chi connectivity index (χ2v) is 5.57. The van der Waals surface area contributed by atoms with Gasteiger partial charge in [-0.25, -0.2) is 0 Å². The van der Waals surface area contributed by atoms with E-state index in [4.69, 9.17) is 5.73 Å². The number of hydrogen-bond acceptors (Lipinski definition) is 4. The summed E-state index contributed by atoms with van der Waals surface area (Å²) in [6, 6.07) is 5.56. The molecule has 0 aliphatic carbocycles. The predicted molar refractivity (Wildman–Crippen MR) is 75.8 cm³/mol. The maximum Gasteiger partial charge on any atom is 0.292 e. The van der Waals surface area contributed by atoms with Crippen LogP contribution in [0.5, 0.6) is 0 Å². The highest BCUT2D eigenvalue weighted by molar-refractivity contribution is 5.62. The molecule has 19 heavy (non-hydrogen) atoms. The van der Waals surface area contributed by atoms with Gasteiger partial charge in [0.15, 0.2) is 0 Å². The average molecular weight is 263 g/mol. The topological polar surface area (TPSA) is 72.4 Å². The summed E-state index contributed by atoms with van der Waals surface area (Å²) in [5, 5.41) is 10.9. The summed E-state index contributed by atoms with van der Waals surface area (Å²) in [5.74, 6) is 0.677. The van der Waals surface area contributed by atoms with E-state index in [9.17, 15) is 10.1 Å². The van der Waals surface area contributed by atoms with Crippen molar-refractivity contribution in [3.05, 3.63) is 33.9 Å². The number of nitro groups is 1. The van der Waals surface area contributed by atoms with Gasteiger partial charge in [-0.1, -0.05) is 19.1 Å². The Labute approximate surface area is 113 Å². The van der Waals surface area contributed by atoms with Crippen LogP contribution in [0.1, 0.15) is 32.3 Å². The molecule has 104 valence electrons. The van der Waals surface area contributed by atoms with Crippen LogP contribution >= 0.6 is 0 Å². The minimum absolute atomic E-state index is 0.00945. The van der Waals surface area contributed by atoms with Crippen molar-refractivity contribution in [2.24, 2.45) is 5.92 Å². The minimum atomic E-state index is -0.416. The number of nitrogens with zero attached hydrogens (tertiary/aromatic N) is 2. The summed E-state index contributed by atoms with van der Waals surface area (Å²) in [7, 11) is 0. The van der Waals surface area contributed by atoms with Gasteiger partial charge in [-0.15, -0.1) is 0 Å². The second-order valence-electron chi connectivity index (χ2n) is 5.57.